The van der Waals surface area contributed by atoms with Gasteiger partial charge in [0.25, 0.3) is 0 Å². The second-order valence-electron chi connectivity index (χ2n) is 7.47. The summed E-state index contributed by atoms with van der Waals surface area (Å²) in [6.07, 6.45) is -3.07. The van der Waals surface area contributed by atoms with Crippen LogP contribution in [0.15, 0.2) is 23.1 Å². The van der Waals surface area contributed by atoms with Gasteiger partial charge in [0.15, 0.2) is 11.6 Å². The lowest BCUT2D eigenvalue weighted by molar-refractivity contribution is -0.374. The summed E-state index contributed by atoms with van der Waals surface area (Å²) in [5.41, 5.74) is -0.986. The van der Waals surface area contributed by atoms with E-state index in [1.54, 1.807) is 18.2 Å². The Balaban J connectivity index is 1.76. The summed E-state index contributed by atoms with van der Waals surface area (Å²) in [4.78, 5) is 62.2. The maximum absolute atomic E-state index is 14.7. The van der Waals surface area contributed by atoms with Crippen molar-refractivity contribution in [1.82, 2.24) is 9.55 Å². The van der Waals surface area contributed by atoms with Crippen molar-refractivity contribution in [3.63, 3.8) is 0 Å². The third-order valence-electron chi connectivity index (χ3n) is 4.90. The lowest BCUT2D eigenvalue weighted by Crippen LogP contribution is -2.54. The first-order valence-corrected chi connectivity index (χ1v) is 11.1. The summed E-state index contributed by atoms with van der Waals surface area (Å²) >= 11 is 1.06. The summed E-state index contributed by atoms with van der Waals surface area (Å²) in [6.45, 7) is 3.49. The standard InChI is InChI=1S/C20H21FN4O9S/c1-9-16(34-11(3)27)13(8-31-10(2)26)18(33-9)25-6-14(21)17(22-19(25)28)23-20(29)32-7-12-4-5-15(24-30)35-12/h4-6,9,13,16,18H,7-8H2,1-3H3,(H,22,23,28,29)/p+1/t9-,13-,16-,18-/m1/s1. The van der Waals surface area contributed by atoms with Gasteiger partial charge in [-0.15, -0.1) is 0 Å². The Morgan fingerprint density at radius 2 is 2.00 bits per heavy atom. The van der Waals surface area contributed by atoms with Gasteiger partial charge in [-0.3, -0.25) is 19.5 Å². The molecule has 1 aliphatic heterocycles. The molecule has 1 aliphatic rings. The lowest BCUT2D eigenvalue weighted by Gasteiger charge is -2.23. The van der Waals surface area contributed by atoms with E-state index in [2.05, 4.69) is 4.98 Å². The van der Waals surface area contributed by atoms with Crippen molar-refractivity contribution in [3.05, 3.63) is 44.4 Å². The van der Waals surface area contributed by atoms with E-state index in [9.17, 15) is 28.5 Å². The summed E-state index contributed by atoms with van der Waals surface area (Å²) in [5.74, 6) is -3.81. The van der Waals surface area contributed by atoms with Crippen molar-refractivity contribution in [2.45, 2.75) is 45.8 Å². The Kier molecular flexibility index (Phi) is 8.24. The molecule has 13 nitrogen and oxygen atoms in total. The highest BCUT2D eigenvalue weighted by Crippen LogP contribution is 2.36. The minimum Gasteiger partial charge on any atom is -0.465 e. The van der Waals surface area contributed by atoms with Crippen LogP contribution in [0.5, 0.6) is 0 Å². The molecular formula is C20H22FN4O9S+. The van der Waals surface area contributed by atoms with E-state index < -0.39 is 59.7 Å². The van der Waals surface area contributed by atoms with Crippen LogP contribution < -0.4 is 16.2 Å². The zero-order chi connectivity index (χ0) is 25.7. The van der Waals surface area contributed by atoms with Crippen molar-refractivity contribution in [3.8, 4) is 0 Å². The number of halogens is 1. The van der Waals surface area contributed by atoms with Crippen LogP contribution >= 0.6 is 11.3 Å². The molecule has 0 bridgehead atoms. The van der Waals surface area contributed by atoms with Crippen LogP contribution in [0, 0.1) is 16.6 Å². The Morgan fingerprint density at radius 1 is 1.26 bits per heavy atom. The van der Waals surface area contributed by atoms with Crippen LogP contribution in [-0.2, 0) is 35.1 Å². The van der Waals surface area contributed by atoms with E-state index in [-0.39, 0.29) is 13.2 Å². The second-order valence-corrected chi connectivity index (χ2v) is 8.64. The van der Waals surface area contributed by atoms with E-state index in [1.807, 2.05) is 5.32 Å². The average molecular weight is 513 g/mol. The SMILES string of the molecule is CC(=O)OC[C@@H]1[C@H](OC(C)=O)[C@@H](C)O[C@H]1n1cc(F)c(NC(=O)OCc2ccc([NH+]=O)s2)nc1=O. The zero-order valence-electron chi connectivity index (χ0n) is 18.8. The van der Waals surface area contributed by atoms with Gasteiger partial charge in [0.05, 0.1) is 18.2 Å². The van der Waals surface area contributed by atoms with Crippen LogP contribution in [0.1, 0.15) is 31.9 Å². The van der Waals surface area contributed by atoms with E-state index in [0.717, 1.165) is 22.1 Å². The molecule has 188 valence electrons. The molecule has 0 spiro atoms. The summed E-state index contributed by atoms with van der Waals surface area (Å²) in [7, 11) is 0. The third kappa shape index (κ3) is 6.45. The summed E-state index contributed by atoms with van der Waals surface area (Å²) in [6, 6.07) is 3.07. The molecule has 0 saturated carbocycles. The average Bonchev–Trinajstić information content (AvgIpc) is 3.37. The molecule has 1 amide bonds. The number of esters is 2. The van der Waals surface area contributed by atoms with Crippen molar-refractivity contribution < 1.29 is 42.9 Å². The first kappa shape index (κ1) is 25.9. The highest BCUT2D eigenvalue weighted by Gasteiger charge is 2.47. The smallest absolute Gasteiger partial charge is 0.413 e. The molecule has 3 heterocycles. The highest BCUT2D eigenvalue weighted by atomic mass is 32.1. The molecule has 1 fully saturated rings. The summed E-state index contributed by atoms with van der Waals surface area (Å²) in [5, 5.41) is 4.07. The number of rotatable bonds is 8. The normalized spacial score (nSPS) is 21.3. The fraction of sp³-hybridized carbons (Fsp3) is 0.450. The first-order chi connectivity index (χ1) is 16.6. The van der Waals surface area contributed by atoms with Gasteiger partial charge in [-0.2, -0.15) is 4.98 Å². The molecule has 2 aromatic heterocycles. The predicted molar refractivity (Wildman–Crippen MR) is 116 cm³/mol. The zero-order valence-corrected chi connectivity index (χ0v) is 19.6. The number of ether oxygens (including phenoxy) is 4. The van der Waals surface area contributed by atoms with Gasteiger partial charge in [-0.25, -0.2) is 14.0 Å². The topological polar surface area (TPSA) is 166 Å². The van der Waals surface area contributed by atoms with Crippen molar-refractivity contribution in [2.75, 3.05) is 11.9 Å². The number of carbonyl (C=O) groups is 3. The van der Waals surface area contributed by atoms with Gasteiger partial charge < -0.3 is 18.9 Å². The molecule has 0 aromatic carbocycles. The Bertz CT molecular complexity index is 1180. The molecule has 2 aromatic rings. The first-order valence-electron chi connectivity index (χ1n) is 10.2. The maximum Gasteiger partial charge on any atom is 0.413 e. The predicted octanol–water partition coefficient (Wildman–Crippen LogP) is 0.699. The second kappa shape index (κ2) is 11.1. The minimum absolute atomic E-state index is 0.194. The number of hydrogen-bond acceptors (Lipinski definition) is 11. The number of hydrogen-bond donors (Lipinski definition) is 2. The number of nitrogens with one attached hydrogen (secondary N) is 2. The Labute approximate surface area is 201 Å². The maximum atomic E-state index is 14.7. The van der Waals surface area contributed by atoms with E-state index in [0.29, 0.717) is 9.88 Å². The van der Waals surface area contributed by atoms with Crippen LogP contribution in [0.3, 0.4) is 0 Å². The molecule has 0 radical (unpaired) electrons. The van der Waals surface area contributed by atoms with Crippen molar-refractivity contribution in [1.29, 1.82) is 0 Å². The number of thiophene rings is 1. The van der Waals surface area contributed by atoms with E-state index in [4.69, 9.17) is 18.9 Å². The van der Waals surface area contributed by atoms with Crippen LogP contribution in [0.2, 0.25) is 0 Å². The van der Waals surface area contributed by atoms with E-state index >= 15 is 0 Å². The Hall–Kier alpha value is -3.72. The van der Waals surface area contributed by atoms with Gasteiger partial charge in [-0.1, -0.05) is 11.3 Å². The Morgan fingerprint density at radius 3 is 2.63 bits per heavy atom. The van der Waals surface area contributed by atoms with Crippen LogP contribution in [0.25, 0.3) is 0 Å². The van der Waals surface area contributed by atoms with E-state index in [1.165, 1.54) is 19.9 Å². The molecule has 15 heteroatoms. The van der Waals surface area contributed by atoms with Gasteiger partial charge >= 0.3 is 28.7 Å². The molecular weight excluding hydrogens is 491 g/mol. The largest absolute Gasteiger partial charge is 0.465 e. The molecule has 0 unspecified atom stereocenters. The molecule has 1 saturated heterocycles. The molecule has 0 aliphatic carbocycles. The highest BCUT2D eigenvalue weighted by molar-refractivity contribution is 7.15. The summed E-state index contributed by atoms with van der Waals surface area (Å²) < 4.78 is 36.5. The van der Waals surface area contributed by atoms with Crippen LogP contribution in [0.4, 0.5) is 20.0 Å². The van der Waals surface area contributed by atoms with Crippen molar-refractivity contribution >= 4 is 40.2 Å². The monoisotopic (exact) mass is 513 g/mol. The fourth-order valence-corrected chi connectivity index (χ4v) is 4.16. The number of amides is 1. The quantitative estimate of drug-likeness (QED) is 0.379. The van der Waals surface area contributed by atoms with Crippen molar-refractivity contribution in [2.24, 2.45) is 5.92 Å². The third-order valence-corrected chi connectivity index (χ3v) is 5.85. The molecule has 4 atom stereocenters. The number of anilines is 1. The van der Waals surface area contributed by atoms with Gasteiger partial charge in [0.1, 0.15) is 25.5 Å². The minimum atomic E-state index is -1.17. The number of aromatic nitrogens is 2. The molecule has 2 N–H and O–H groups in total. The number of nitrogens with zero attached hydrogens (tertiary/aromatic N) is 2. The molecule has 35 heavy (non-hydrogen) atoms. The lowest BCUT2D eigenvalue weighted by atomic mass is 10.0. The van der Waals surface area contributed by atoms with Crippen LogP contribution in [-0.4, -0.2) is 46.4 Å². The van der Waals surface area contributed by atoms with Gasteiger partial charge in [0, 0.05) is 34.9 Å². The van der Waals surface area contributed by atoms with Gasteiger partial charge in [0.2, 0.25) is 0 Å². The fourth-order valence-electron chi connectivity index (χ4n) is 3.44. The number of nitroso groups, excluding NO2 is 1. The molecule has 3 rings (SSSR count). The number of carbonyl (C=O) groups excluding carboxylic acids is 3. The van der Waals surface area contributed by atoms with Gasteiger partial charge in [-0.05, 0) is 13.0 Å².